The zero-order valence-corrected chi connectivity index (χ0v) is 19.6. The van der Waals surface area contributed by atoms with Gasteiger partial charge in [0.05, 0.1) is 11.7 Å². The molecule has 0 N–H and O–H groups in total. The summed E-state index contributed by atoms with van der Waals surface area (Å²) >= 11 is 6.11. The fourth-order valence-electron chi connectivity index (χ4n) is 5.07. The third kappa shape index (κ3) is 5.06. The minimum absolute atomic E-state index is 0.000781. The van der Waals surface area contributed by atoms with Crippen LogP contribution in [0.5, 0.6) is 5.75 Å². The quantitative estimate of drug-likeness (QED) is 0.269. The molecule has 2 saturated carbocycles. The molecule has 192 valence electrons. The first-order valence-corrected chi connectivity index (χ1v) is 11.8. The molecule has 0 atom stereocenters. The number of esters is 2. The fourth-order valence-corrected chi connectivity index (χ4v) is 5.30. The highest BCUT2D eigenvalue weighted by Crippen LogP contribution is 2.52. The molecule has 2 aromatic rings. The van der Waals surface area contributed by atoms with E-state index >= 15 is 0 Å². The third-order valence-corrected chi connectivity index (χ3v) is 7.25. The standard InChI is InChI=1S/C25H21ClF5NO4/c26-19-5-15(27)4-3-14(19)10-32-11-24(12-32)8-16(9-24)35-21-7-20(28)18(6-17(21)13-1-2-13)22(33)36-23(34)25(29,30)31/h3-7,13,16H,1-2,8-12H2. The first-order valence-electron chi connectivity index (χ1n) is 11.4. The highest BCUT2D eigenvalue weighted by Gasteiger charge is 2.53. The Bertz CT molecular complexity index is 1220. The van der Waals surface area contributed by atoms with Gasteiger partial charge in [-0.15, -0.1) is 0 Å². The van der Waals surface area contributed by atoms with E-state index in [4.69, 9.17) is 16.3 Å². The van der Waals surface area contributed by atoms with Crippen molar-refractivity contribution >= 4 is 23.5 Å². The third-order valence-electron chi connectivity index (χ3n) is 6.90. The molecule has 0 aromatic heterocycles. The Morgan fingerprint density at radius 3 is 2.39 bits per heavy atom. The van der Waals surface area contributed by atoms with Gasteiger partial charge in [0, 0.05) is 36.1 Å². The zero-order valence-electron chi connectivity index (χ0n) is 18.8. The van der Waals surface area contributed by atoms with Crippen molar-refractivity contribution in [2.24, 2.45) is 5.41 Å². The number of alkyl halides is 3. The molecule has 0 unspecified atom stereocenters. The smallest absolute Gasteiger partial charge is 0.490 e. The summed E-state index contributed by atoms with van der Waals surface area (Å²) in [4.78, 5) is 25.2. The molecule has 2 aliphatic carbocycles. The highest BCUT2D eigenvalue weighted by atomic mass is 35.5. The van der Waals surface area contributed by atoms with Gasteiger partial charge in [-0.25, -0.2) is 18.4 Å². The van der Waals surface area contributed by atoms with E-state index in [0.717, 1.165) is 56.5 Å². The van der Waals surface area contributed by atoms with E-state index in [1.165, 1.54) is 12.1 Å². The van der Waals surface area contributed by atoms with E-state index in [1.807, 2.05) is 0 Å². The molecule has 11 heteroatoms. The van der Waals surface area contributed by atoms with Crippen molar-refractivity contribution < 1.29 is 41.0 Å². The molecule has 1 aliphatic heterocycles. The summed E-state index contributed by atoms with van der Waals surface area (Å²) in [6.07, 6.45) is -2.49. The number of carbonyl (C=O) groups excluding carboxylic acids is 2. The van der Waals surface area contributed by atoms with Crippen LogP contribution >= 0.6 is 11.6 Å². The lowest BCUT2D eigenvalue weighted by atomic mass is 9.61. The van der Waals surface area contributed by atoms with E-state index in [0.29, 0.717) is 17.1 Å². The Labute approximate surface area is 208 Å². The molecule has 0 bridgehead atoms. The lowest BCUT2D eigenvalue weighted by Gasteiger charge is -2.58. The van der Waals surface area contributed by atoms with Gasteiger partial charge in [0.15, 0.2) is 0 Å². The number of halogens is 6. The van der Waals surface area contributed by atoms with Crippen LogP contribution in [0.4, 0.5) is 22.0 Å². The molecule has 5 nitrogen and oxygen atoms in total. The number of ether oxygens (including phenoxy) is 2. The van der Waals surface area contributed by atoms with Crippen molar-refractivity contribution in [3.05, 3.63) is 63.7 Å². The number of nitrogens with zero attached hydrogens (tertiary/aromatic N) is 1. The van der Waals surface area contributed by atoms with Crippen LogP contribution in [-0.2, 0) is 16.1 Å². The van der Waals surface area contributed by atoms with Crippen LogP contribution in [0.2, 0.25) is 5.02 Å². The Kier molecular flexibility index (Phi) is 6.23. The maximum absolute atomic E-state index is 14.6. The molecule has 3 fully saturated rings. The summed E-state index contributed by atoms with van der Waals surface area (Å²) in [6.45, 7) is 2.25. The topological polar surface area (TPSA) is 55.8 Å². The Balaban J connectivity index is 1.19. The van der Waals surface area contributed by atoms with Crippen LogP contribution in [0.15, 0.2) is 30.3 Å². The van der Waals surface area contributed by atoms with E-state index < -0.39 is 29.5 Å². The maximum Gasteiger partial charge on any atom is 0.491 e. The lowest BCUT2D eigenvalue weighted by Crippen LogP contribution is -2.64. The summed E-state index contributed by atoms with van der Waals surface area (Å²) in [7, 11) is 0. The normalized spacial score (nSPS) is 19.5. The number of likely N-dealkylation sites (tertiary alicyclic amines) is 1. The number of hydrogen-bond donors (Lipinski definition) is 0. The highest BCUT2D eigenvalue weighted by molar-refractivity contribution is 6.31. The van der Waals surface area contributed by atoms with Crippen molar-refractivity contribution in [3.8, 4) is 5.75 Å². The second-order valence-corrected chi connectivity index (χ2v) is 10.3. The van der Waals surface area contributed by atoms with Gasteiger partial charge in [-0.1, -0.05) is 17.7 Å². The minimum Gasteiger partial charge on any atom is -0.490 e. The summed E-state index contributed by atoms with van der Waals surface area (Å²) in [5.74, 6) is -5.64. The molecule has 0 amide bonds. The Morgan fingerprint density at radius 1 is 1.08 bits per heavy atom. The van der Waals surface area contributed by atoms with Crippen molar-refractivity contribution in [2.75, 3.05) is 13.1 Å². The van der Waals surface area contributed by atoms with Crippen LogP contribution in [0, 0.1) is 17.0 Å². The molecule has 0 radical (unpaired) electrons. The molecule has 1 spiro atoms. The van der Waals surface area contributed by atoms with Gasteiger partial charge in [0.1, 0.15) is 17.4 Å². The molecule has 3 aliphatic rings. The Morgan fingerprint density at radius 2 is 1.78 bits per heavy atom. The summed E-state index contributed by atoms with van der Waals surface area (Å²) in [5, 5.41) is 0.385. The molecule has 2 aromatic carbocycles. The van der Waals surface area contributed by atoms with E-state index in [2.05, 4.69) is 9.64 Å². The fraction of sp³-hybridized carbons (Fsp3) is 0.440. The predicted octanol–water partition coefficient (Wildman–Crippen LogP) is 5.78. The van der Waals surface area contributed by atoms with Crippen LogP contribution in [0.3, 0.4) is 0 Å². The zero-order chi connectivity index (χ0) is 25.8. The van der Waals surface area contributed by atoms with Crippen molar-refractivity contribution in [1.82, 2.24) is 4.90 Å². The average molecular weight is 530 g/mol. The van der Waals surface area contributed by atoms with Gasteiger partial charge in [-0.2, -0.15) is 13.2 Å². The minimum atomic E-state index is -5.36. The molecule has 1 saturated heterocycles. The number of rotatable bonds is 6. The first-order chi connectivity index (χ1) is 16.9. The molecule has 1 heterocycles. The summed E-state index contributed by atoms with van der Waals surface area (Å²) < 4.78 is 74.9. The number of hydrogen-bond acceptors (Lipinski definition) is 5. The van der Waals surface area contributed by atoms with Gasteiger partial charge in [0.25, 0.3) is 0 Å². The van der Waals surface area contributed by atoms with Gasteiger partial charge < -0.3 is 9.47 Å². The lowest BCUT2D eigenvalue weighted by molar-refractivity contribution is -0.193. The molecular formula is C25H21ClF5NO4. The maximum atomic E-state index is 14.6. The largest absolute Gasteiger partial charge is 0.491 e. The van der Waals surface area contributed by atoms with Crippen LogP contribution in [0.1, 0.15) is 53.1 Å². The first kappa shape index (κ1) is 25.0. The van der Waals surface area contributed by atoms with Gasteiger partial charge >= 0.3 is 18.1 Å². The number of carbonyl (C=O) groups is 2. The predicted molar refractivity (Wildman–Crippen MR) is 118 cm³/mol. The SMILES string of the molecule is O=C(OC(=O)C(F)(F)F)c1cc(C2CC2)c(OC2CC3(C2)CN(Cc2ccc(F)cc2Cl)C3)cc1F. The van der Waals surface area contributed by atoms with E-state index in [9.17, 15) is 31.5 Å². The average Bonchev–Trinajstić information content (AvgIpc) is 3.56. The van der Waals surface area contributed by atoms with E-state index in [-0.39, 0.29) is 29.0 Å². The van der Waals surface area contributed by atoms with Crippen molar-refractivity contribution in [3.63, 3.8) is 0 Å². The monoisotopic (exact) mass is 529 g/mol. The molecular weight excluding hydrogens is 509 g/mol. The van der Waals surface area contributed by atoms with Crippen molar-refractivity contribution in [1.29, 1.82) is 0 Å². The van der Waals surface area contributed by atoms with Crippen molar-refractivity contribution in [2.45, 2.75) is 50.4 Å². The van der Waals surface area contributed by atoms with Crippen LogP contribution in [-0.4, -0.2) is 42.2 Å². The van der Waals surface area contributed by atoms with E-state index in [1.54, 1.807) is 6.07 Å². The summed E-state index contributed by atoms with van der Waals surface area (Å²) in [5.41, 5.74) is 0.711. The number of benzene rings is 2. The van der Waals surface area contributed by atoms with Crippen LogP contribution in [0.25, 0.3) is 0 Å². The molecule has 5 rings (SSSR count). The van der Waals surface area contributed by atoms with Gasteiger partial charge in [-0.05, 0) is 60.9 Å². The van der Waals surface area contributed by atoms with Gasteiger partial charge in [0.2, 0.25) is 0 Å². The second-order valence-electron chi connectivity index (χ2n) is 9.85. The summed E-state index contributed by atoms with van der Waals surface area (Å²) in [6, 6.07) is 6.44. The molecule has 36 heavy (non-hydrogen) atoms. The second kappa shape index (κ2) is 8.99. The Hall–Kier alpha value is -2.72. The van der Waals surface area contributed by atoms with Crippen LogP contribution < -0.4 is 4.74 Å². The van der Waals surface area contributed by atoms with Gasteiger partial charge in [-0.3, -0.25) is 4.90 Å².